The van der Waals surface area contributed by atoms with E-state index in [1.807, 2.05) is 19.1 Å². The molecular formula is C20H20N2O5. The van der Waals surface area contributed by atoms with Crippen LogP contribution in [0.15, 0.2) is 54.6 Å². The number of carboxylic acid groups (broad SMARTS) is 1. The van der Waals surface area contributed by atoms with Crippen LogP contribution in [0.25, 0.3) is 0 Å². The third kappa shape index (κ3) is 3.68. The van der Waals surface area contributed by atoms with Crippen molar-refractivity contribution in [3.8, 4) is 0 Å². The third-order valence-electron chi connectivity index (χ3n) is 4.60. The molecule has 3 rings (SSSR count). The Morgan fingerprint density at radius 1 is 1.04 bits per heavy atom. The van der Waals surface area contributed by atoms with Crippen LogP contribution >= 0.6 is 0 Å². The van der Waals surface area contributed by atoms with Crippen molar-refractivity contribution in [1.82, 2.24) is 4.90 Å². The molecule has 1 heterocycles. The number of aliphatic hydroxyl groups excluding tert-OH is 1. The lowest BCUT2D eigenvalue weighted by atomic mass is 10.0. The fourth-order valence-electron chi connectivity index (χ4n) is 3.15. The fraction of sp³-hybridized carbons (Fsp3) is 0.250. The second kappa shape index (κ2) is 7.59. The Kier molecular flexibility index (Phi) is 5.23. The van der Waals surface area contributed by atoms with Crippen LogP contribution in [0.2, 0.25) is 0 Å². The van der Waals surface area contributed by atoms with Gasteiger partial charge in [0.2, 0.25) is 0 Å². The second-order valence-corrected chi connectivity index (χ2v) is 6.42. The maximum absolute atomic E-state index is 13.0. The van der Waals surface area contributed by atoms with Gasteiger partial charge in [0, 0.05) is 24.3 Å². The number of piperazine rings is 1. The average Bonchev–Trinajstić information content (AvgIpc) is 2.68. The summed E-state index contributed by atoms with van der Waals surface area (Å²) in [6.45, 7) is 2.24. The monoisotopic (exact) mass is 368 g/mol. The van der Waals surface area contributed by atoms with Crippen molar-refractivity contribution in [3.63, 3.8) is 0 Å². The lowest BCUT2D eigenvalue weighted by molar-refractivity contribution is -0.154. The molecule has 0 bridgehead atoms. The van der Waals surface area contributed by atoms with Gasteiger partial charge in [0.15, 0.2) is 6.10 Å². The van der Waals surface area contributed by atoms with E-state index in [-0.39, 0.29) is 13.1 Å². The van der Waals surface area contributed by atoms with E-state index in [4.69, 9.17) is 0 Å². The quantitative estimate of drug-likeness (QED) is 0.848. The summed E-state index contributed by atoms with van der Waals surface area (Å²) in [5.74, 6) is -2.66. The molecule has 0 spiro atoms. The molecular weight excluding hydrogens is 348 g/mol. The highest BCUT2D eigenvalue weighted by atomic mass is 16.4. The zero-order valence-electron chi connectivity index (χ0n) is 14.8. The Hall–Kier alpha value is -3.19. The number of nitrogens with zero attached hydrogens (tertiary/aromatic N) is 2. The van der Waals surface area contributed by atoms with Gasteiger partial charge in [0.1, 0.15) is 6.04 Å². The zero-order valence-corrected chi connectivity index (χ0v) is 14.8. The van der Waals surface area contributed by atoms with Crippen LogP contribution < -0.4 is 4.90 Å². The fourth-order valence-corrected chi connectivity index (χ4v) is 3.15. The molecule has 1 fully saturated rings. The summed E-state index contributed by atoms with van der Waals surface area (Å²) in [6.07, 6.45) is -2.02. The molecule has 0 radical (unpaired) electrons. The van der Waals surface area contributed by atoms with Gasteiger partial charge < -0.3 is 20.0 Å². The maximum atomic E-state index is 13.0. The number of amides is 2. The standard InChI is InChI=1S/C20H20N2O5/c1-13-7-9-15(10-8-13)21-11-12-22(16(19(21)25)17(23)20(26)27)18(24)14-5-3-2-4-6-14/h2-10,16-17,23H,11-12H2,1H3,(H,26,27). The van der Waals surface area contributed by atoms with Crippen LogP contribution in [0.5, 0.6) is 0 Å². The molecule has 7 heteroatoms. The SMILES string of the molecule is Cc1ccc(N2CCN(C(=O)c3ccccc3)C(C(O)C(=O)O)C2=O)cc1. The third-order valence-corrected chi connectivity index (χ3v) is 4.60. The smallest absolute Gasteiger partial charge is 0.335 e. The number of aliphatic carboxylic acids is 1. The summed E-state index contributed by atoms with van der Waals surface area (Å²) >= 11 is 0. The van der Waals surface area contributed by atoms with Gasteiger partial charge in [-0.05, 0) is 31.2 Å². The van der Waals surface area contributed by atoms with Crippen molar-refractivity contribution < 1.29 is 24.6 Å². The zero-order chi connectivity index (χ0) is 19.6. The highest BCUT2D eigenvalue weighted by Crippen LogP contribution is 2.24. The minimum atomic E-state index is -2.02. The molecule has 2 atom stereocenters. The number of rotatable bonds is 4. The minimum Gasteiger partial charge on any atom is -0.479 e. The van der Waals surface area contributed by atoms with E-state index in [1.165, 1.54) is 4.90 Å². The molecule has 2 unspecified atom stereocenters. The molecule has 1 aliphatic heterocycles. The number of carbonyl (C=O) groups is 3. The molecule has 0 aromatic heterocycles. The van der Waals surface area contributed by atoms with Crippen LogP contribution in [0.3, 0.4) is 0 Å². The van der Waals surface area contributed by atoms with Gasteiger partial charge >= 0.3 is 5.97 Å². The van der Waals surface area contributed by atoms with Crippen molar-refractivity contribution in [2.75, 3.05) is 18.0 Å². The highest BCUT2D eigenvalue weighted by Gasteiger charge is 2.45. The van der Waals surface area contributed by atoms with Crippen LogP contribution in [0.4, 0.5) is 5.69 Å². The van der Waals surface area contributed by atoms with Crippen LogP contribution in [0, 0.1) is 6.92 Å². The number of hydrogen-bond donors (Lipinski definition) is 2. The van der Waals surface area contributed by atoms with Gasteiger partial charge in [-0.25, -0.2) is 4.79 Å². The molecule has 1 saturated heterocycles. The Morgan fingerprint density at radius 3 is 2.26 bits per heavy atom. The molecule has 2 aromatic rings. The Morgan fingerprint density at radius 2 is 1.67 bits per heavy atom. The lowest BCUT2D eigenvalue weighted by Crippen LogP contribution is -2.64. The van der Waals surface area contributed by atoms with Gasteiger partial charge in [-0.15, -0.1) is 0 Å². The Labute approximate surface area is 156 Å². The van der Waals surface area contributed by atoms with Crippen molar-refractivity contribution in [1.29, 1.82) is 0 Å². The first kappa shape index (κ1) is 18.6. The predicted molar refractivity (Wildman–Crippen MR) is 98.4 cm³/mol. The van der Waals surface area contributed by atoms with Crippen LogP contribution in [-0.4, -0.2) is 58.1 Å². The average molecular weight is 368 g/mol. The van der Waals surface area contributed by atoms with Gasteiger partial charge in [0.05, 0.1) is 0 Å². The van der Waals surface area contributed by atoms with E-state index >= 15 is 0 Å². The lowest BCUT2D eigenvalue weighted by Gasteiger charge is -2.41. The van der Waals surface area contributed by atoms with E-state index in [2.05, 4.69) is 0 Å². The first-order valence-corrected chi connectivity index (χ1v) is 8.55. The van der Waals surface area contributed by atoms with Gasteiger partial charge in [0.25, 0.3) is 11.8 Å². The van der Waals surface area contributed by atoms with E-state index in [9.17, 15) is 24.6 Å². The summed E-state index contributed by atoms with van der Waals surface area (Å²) in [6, 6.07) is 14.0. The molecule has 2 amide bonds. The summed E-state index contributed by atoms with van der Waals surface area (Å²) in [7, 11) is 0. The van der Waals surface area contributed by atoms with Crippen molar-refractivity contribution in [3.05, 3.63) is 65.7 Å². The maximum Gasteiger partial charge on any atom is 0.335 e. The van der Waals surface area contributed by atoms with Gasteiger partial charge in [-0.3, -0.25) is 9.59 Å². The Balaban J connectivity index is 1.94. The van der Waals surface area contributed by atoms with Gasteiger partial charge in [-0.1, -0.05) is 35.9 Å². The topological polar surface area (TPSA) is 98.2 Å². The van der Waals surface area contributed by atoms with E-state index in [1.54, 1.807) is 42.5 Å². The van der Waals surface area contributed by atoms with E-state index < -0.39 is 29.9 Å². The summed E-state index contributed by atoms with van der Waals surface area (Å²) < 4.78 is 0. The first-order valence-electron chi connectivity index (χ1n) is 8.55. The molecule has 0 aliphatic carbocycles. The summed E-state index contributed by atoms with van der Waals surface area (Å²) in [5, 5.41) is 19.4. The molecule has 7 nitrogen and oxygen atoms in total. The molecule has 2 N–H and O–H groups in total. The first-order chi connectivity index (χ1) is 12.9. The number of hydrogen-bond acceptors (Lipinski definition) is 4. The van der Waals surface area contributed by atoms with Crippen molar-refractivity contribution >= 4 is 23.5 Å². The van der Waals surface area contributed by atoms with Crippen molar-refractivity contribution in [2.45, 2.75) is 19.1 Å². The number of benzene rings is 2. The molecule has 1 aliphatic rings. The van der Waals surface area contributed by atoms with E-state index in [0.717, 1.165) is 10.5 Å². The normalized spacial score (nSPS) is 18.3. The highest BCUT2D eigenvalue weighted by molar-refractivity contribution is 6.05. The number of aliphatic hydroxyl groups is 1. The van der Waals surface area contributed by atoms with Gasteiger partial charge in [-0.2, -0.15) is 0 Å². The number of aryl methyl sites for hydroxylation is 1. The second-order valence-electron chi connectivity index (χ2n) is 6.42. The molecule has 27 heavy (non-hydrogen) atoms. The van der Waals surface area contributed by atoms with Crippen LogP contribution in [0.1, 0.15) is 15.9 Å². The molecule has 2 aromatic carbocycles. The number of anilines is 1. The number of carbonyl (C=O) groups excluding carboxylic acids is 2. The minimum absolute atomic E-state index is 0.113. The predicted octanol–water partition coefficient (Wildman–Crippen LogP) is 1.30. The van der Waals surface area contributed by atoms with Crippen molar-refractivity contribution in [2.24, 2.45) is 0 Å². The molecule has 0 saturated carbocycles. The van der Waals surface area contributed by atoms with E-state index in [0.29, 0.717) is 11.3 Å². The summed E-state index contributed by atoms with van der Waals surface area (Å²) in [5.41, 5.74) is 1.95. The largest absolute Gasteiger partial charge is 0.479 e. The van der Waals surface area contributed by atoms with Crippen LogP contribution in [-0.2, 0) is 9.59 Å². The Bertz CT molecular complexity index is 850. The summed E-state index contributed by atoms with van der Waals surface area (Å²) in [4.78, 5) is 39.8. The number of carboxylic acids is 1. The molecule has 140 valence electrons.